The van der Waals surface area contributed by atoms with E-state index in [0.29, 0.717) is 6.04 Å². The topological polar surface area (TPSA) is 47.7 Å². The van der Waals surface area contributed by atoms with E-state index in [1.54, 1.807) is 0 Å². The Balaban J connectivity index is 1.92. The van der Waals surface area contributed by atoms with Gasteiger partial charge >= 0.3 is 0 Å². The van der Waals surface area contributed by atoms with Crippen molar-refractivity contribution < 1.29 is 0 Å². The molecule has 1 unspecified atom stereocenters. The molecule has 2 aromatic rings. The average Bonchev–Trinajstić information content (AvgIpc) is 3.07. The van der Waals surface area contributed by atoms with Gasteiger partial charge in [-0.15, -0.1) is 0 Å². The number of aryl methyl sites for hydroxylation is 3. The first-order valence-corrected chi connectivity index (χ1v) is 7.46. The van der Waals surface area contributed by atoms with Crippen LogP contribution in [0.4, 0.5) is 0 Å². The molecule has 0 saturated carbocycles. The minimum absolute atomic E-state index is 0.414. The zero-order valence-corrected chi connectivity index (χ0v) is 12.7. The molecule has 5 nitrogen and oxygen atoms in total. The maximum absolute atomic E-state index is 4.46. The monoisotopic (exact) mass is 275 g/mol. The van der Waals surface area contributed by atoms with Crippen LogP contribution in [0.3, 0.4) is 0 Å². The van der Waals surface area contributed by atoms with Crippen LogP contribution in [-0.2, 0) is 20.0 Å². The quantitative estimate of drug-likeness (QED) is 0.804. The van der Waals surface area contributed by atoms with Crippen molar-refractivity contribution in [2.45, 2.75) is 45.7 Å². The predicted octanol–water partition coefficient (Wildman–Crippen LogP) is 2.31. The molecule has 0 saturated heterocycles. The number of aromatic nitrogens is 4. The van der Waals surface area contributed by atoms with E-state index >= 15 is 0 Å². The summed E-state index contributed by atoms with van der Waals surface area (Å²) in [5, 5.41) is 8.02. The molecule has 20 heavy (non-hydrogen) atoms. The molecule has 1 N–H and O–H groups in total. The lowest BCUT2D eigenvalue weighted by molar-refractivity contribution is 0.516. The van der Waals surface area contributed by atoms with Gasteiger partial charge in [0.2, 0.25) is 0 Å². The third kappa shape index (κ3) is 3.70. The van der Waals surface area contributed by atoms with Crippen LogP contribution in [0.15, 0.2) is 24.8 Å². The van der Waals surface area contributed by atoms with Crippen molar-refractivity contribution >= 4 is 0 Å². The fraction of sp³-hybridized carbons (Fsp3) is 0.600. The summed E-state index contributed by atoms with van der Waals surface area (Å²) in [5.74, 6) is 1.10. The van der Waals surface area contributed by atoms with Crippen molar-refractivity contribution in [2.75, 3.05) is 6.54 Å². The van der Waals surface area contributed by atoms with Gasteiger partial charge in [0, 0.05) is 50.2 Å². The summed E-state index contributed by atoms with van der Waals surface area (Å²) in [6.45, 7) is 6.32. The van der Waals surface area contributed by atoms with Gasteiger partial charge in [-0.1, -0.05) is 13.8 Å². The maximum Gasteiger partial charge on any atom is 0.110 e. The van der Waals surface area contributed by atoms with Gasteiger partial charge in [0.15, 0.2) is 0 Å². The van der Waals surface area contributed by atoms with Crippen LogP contribution in [0.5, 0.6) is 0 Å². The Kier molecular flexibility index (Phi) is 5.35. The highest BCUT2D eigenvalue weighted by Crippen LogP contribution is 2.15. The Morgan fingerprint density at radius 2 is 2.20 bits per heavy atom. The van der Waals surface area contributed by atoms with E-state index in [0.717, 1.165) is 38.2 Å². The van der Waals surface area contributed by atoms with Gasteiger partial charge < -0.3 is 9.88 Å². The molecule has 0 spiro atoms. The highest BCUT2D eigenvalue weighted by atomic mass is 15.3. The van der Waals surface area contributed by atoms with Gasteiger partial charge in [0.1, 0.15) is 5.82 Å². The summed E-state index contributed by atoms with van der Waals surface area (Å²) in [6, 6.07) is 0.414. The zero-order chi connectivity index (χ0) is 14.4. The summed E-state index contributed by atoms with van der Waals surface area (Å²) in [4.78, 5) is 4.34. The van der Waals surface area contributed by atoms with Crippen molar-refractivity contribution in [1.82, 2.24) is 24.6 Å². The second-order valence-electron chi connectivity index (χ2n) is 5.16. The van der Waals surface area contributed by atoms with Crippen molar-refractivity contribution in [2.24, 2.45) is 7.05 Å². The lowest BCUT2D eigenvalue weighted by atomic mass is 10.1. The number of hydrogen-bond acceptors (Lipinski definition) is 3. The number of hydrogen-bond donors (Lipinski definition) is 1. The van der Waals surface area contributed by atoms with Gasteiger partial charge in [-0.05, 0) is 19.4 Å². The Labute approximate surface area is 121 Å². The summed E-state index contributed by atoms with van der Waals surface area (Å²) >= 11 is 0. The van der Waals surface area contributed by atoms with Crippen LogP contribution in [-0.4, -0.2) is 25.9 Å². The minimum atomic E-state index is 0.414. The molecule has 1 atom stereocenters. The third-order valence-electron chi connectivity index (χ3n) is 3.59. The molecule has 0 amide bonds. The van der Waals surface area contributed by atoms with E-state index in [4.69, 9.17) is 0 Å². The van der Waals surface area contributed by atoms with Gasteiger partial charge in [-0.2, -0.15) is 5.10 Å². The van der Waals surface area contributed by atoms with Gasteiger partial charge in [-0.25, -0.2) is 4.98 Å². The van der Waals surface area contributed by atoms with Crippen molar-refractivity contribution in [3.63, 3.8) is 0 Å². The Bertz CT molecular complexity index is 514. The average molecular weight is 275 g/mol. The predicted molar refractivity (Wildman–Crippen MR) is 80.5 cm³/mol. The van der Waals surface area contributed by atoms with Gasteiger partial charge in [-0.3, -0.25) is 4.68 Å². The molecule has 0 aromatic carbocycles. The van der Waals surface area contributed by atoms with E-state index in [2.05, 4.69) is 40.0 Å². The van der Waals surface area contributed by atoms with Crippen LogP contribution >= 0.6 is 0 Å². The van der Waals surface area contributed by atoms with E-state index < -0.39 is 0 Å². The molecular weight excluding hydrogens is 250 g/mol. The van der Waals surface area contributed by atoms with Gasteiger partial charge in [0.25, 0.3) is 0 Å². The largest absolute Gasteiger partial charge is 0.338 e. The maximum atomic E-state index is 4.46. The standard InChI is InChI=1S/C15H25N5/c1-4-7-16-14(5-2)13-11-18-20(12-13)9-6-15-17-8-10-19(15)3/h8,10-12,14,16H,4-7,9H2,1-3H3. The van der Waals surface area contributed by atoms with E-state index in [-0.39, 0.29) is 0 Å². The van der Waals surface area contributed by atoms with Crippen LogP contribution in [0.25, 0.3) is 0 Å². The van der Waals surface area contributed by atoms with E-state index in [9.17, 15) is 0 Å². The van der Waals surface area contributed by atoms with Crippen molar-refractivity contribution in [3.8, 4) is 0 Å². The Morgan fingerprint density at radius 3 is 2.85 bits per heavy atom. The van der Waals surface area contributed by atoms with Gasteiger partial charge in [0.05, 0.1) is 6.20 Å². The second kappa shape index (κ2) is 7.24. The first kappa shape index (κ1) is 14.8. The number of nitrogens with one attached hydrogen (secondary N) is 1. The molecule has 0 aliphatic rings. The molecule has 110 valence electrons. The first-order valence-electron chi connectivity index (χ1n) is 7.46. The highest BCUT2D eigenvalue weighted by Gasteiger charge is 2.10. The number of nitrogens with zero attached hydrogens (tertiary/aromatic N) is 4. The fourth-order valence-electron chi connectivity index (χ4n) is 2.35. The number of rotatable bonds is 8. The van der Waals surface area contributed by atoms with Crippen LogP contribution in [0.1, 0.15) is 44.1 Å². The second-order valence-corrected chi connectivity index (χ2v) is 5.16. The summed E-state index contributed by atoms with van der Waals surface area (Å²) in [7, 11) is 2.03. The Morgan fingerprint density at radius 1 is 1.35 bits per heavy atom. The molecular formula is C15H25N5. The van der Waals surface area contributed by atoms with Crippen LogP contribution < -0.4 is 5.32 Å². The summed E-state index contributed by atoms with van der Waals surface area (Å²) in [5.41, 5.74) is 1.28. The lowest BCUT2D eigenvalue weighted by Crippen LogP contribution is -2.21. The molecule has 0 aliphatic carbocycles. The van der Waals surface area contributed by atoms with Crippen molar-refractivity contribution in [3.05, 3.63) is 36.2 Å². The molecule has 5 heteroatoms. The number of imidazole rings is 1. The van der Waals surface area contributed by atoms with E-state index in [1.165, 1.54) is 5.56 Å². The third-order valence-corrected chi connectivity index (χ3v) is 3.59. The van der Waals surface area contributed by atoms with Crippen LogP contribution in [0, 0.1) is 0 Å². The molecule has 2 rings (SSSR count). The minimum Gasteiger partial charge on any atom is -0.338 e. The van der Waals surface area contributed by atoms with Crippen molar-refractivity contribution in [1.29, 1.82) is 0 Å². The first-order chi connectivity index (χ1) is 9.74. The molecule has 0 fully saturated rings. The zero-order valence-electron chi connectivity index (χ0n) is 12.7. The molecule has 2 aromatic heterocycles. The normalized spacial score (nSPS) is 12.8. The highest BCUT2D eigenvalue weighted by molar-refractivity contribution is 5.10. The molecule has 0 aliphatic heterocycles. The smallest absolute Gasteiger partial charge is 0.110 e. The van der Waals surface area contributed by atoms with E-state index in [1.807, 2.05) is 30.3 Å². The molecule has 0 bridgehead atoms. The lowest BCUT2D eigenvalue weighted by Gasteiger charge is -2.14. The fourth-order valence-corrected chi connectivity index (χ4v) is 2.35. The summed E-state index contributed by atoms with van der Waals surface area (Å²) in [6.07, 6.45) is 11.1. The molecule has 0 radical (unpaired) electrons. The van der Waals surface area contributed by atoms with Crippen LogP contribution in [0.2, 0.25) is 0 Å². The SMILES string of the molecule is CCCNC(CC)c1cnn(CCc2nccn2C)c1. The molecule has 2 heterocycles. The Hall–Kier alpha value is -1.62. The summed E-state index contributed by atoms with van der Waals surface area (Å²) < 4.78 is 4.07.